The molecular weight excluding hydrogens is 510 g/mol. The minimum absolute atomic E-state index is 0.0496. The number of hydrogen-bond donors (Lipinski definition) is 0. The first-order valence-electron chi connectivity index (χ1n) is 14.1. The number of aryl methyl sites for hydroxylation is 3. The molecule has 0 bridgehead atoms. The van der Waals surface area contributed by atoms with E-state index in [-0.39, 0.29) is 5.91 Å². The monoisotopic (exact) mass is 547 g/mol. The number of aromatic nitrogens is 1. The van der Waals surface area contributed by atoms with Crippen molar-refractivity contribution < 1.29 is 14.3 Å². The van der Waals surface area contributed by atoms with Gasteiger partial charge in [-0.2, -0.15) is 0 Å². The second-order valence-electron chi connectivity index (χ2n) is 10.6. The van der Waals surface area contributed by atoms with Crippen LogP contribution in [0.3, 0.4) is 0 Å². The molecule has 6 nitrogen and oxygen atoms in total. The highest BCUT2D eigenvalue weighted by Crippen LogP contribution is 2.25. The molecule has 1 fully saturated rings. The summed E-state index contributed by atoms with van der Waals surface area (Å²) in [5, 5.41) is 0. The number of rotatable bonds is 9. The third-order valence-electron chi connectivity index (χ3n) is 7.32. The number of amides is 1. The minimum Gasteiger partial charge on any atom is -0.487 e. The number of carbonyl (C=O) groups excluding carboxylic acids is 1. The van der Waals surface area contributed by atoms with Gasteiger partial charge in [-0.15, -0.1) is 0 Å². The Kier molecular flexibility index (Phi) is 9.12. The standard InChI is InChI=1S/C35H37N3O3/c1-26-4-8-29(9-5-26)24-37-18-20-38(21-19-37)35(39)17-13-31-12-14-32(22-28(31)3)41-34-16-15-33(23-36-34)40-25-30-10-6-27(2)7-11-30/h4-17,22-23H,18-21,24-25H2,1-3H3. The zero-order valence-corrected chi connectivity index (χ0v) is 24.0. The number of benzene rings is 3. The van der Waals surface area contributed by atoms with E-state index >= 15 is 0 Å². The van der Waals surface area contributed by atoms with Crippen LogP contribution in [-0.2, 0) is 17.9 Å². The van der Waals surface area contributed by atoms with E-state index in [9.17, 15) is 4.79 Å². The van der Waals surface area contributed by atoms with Crippen molar-refractivity contribution in [3.63, 3.8) is 0 Å². The van der Waals surface area contributed by atoms with Crippen LogP contribution in [-0.4, -0.2) is 46.9 Å². The first-order valence-corrected chi connectivity index (χ1v) is 14.1. The summed E-state index contributed by atoms with van der Waals surface area (Å²) >= 11 is 0. The van der Waals surface area contributed by atoms with Gasteiger partial charge < -0.3 is 14.4 Å². The number of hydrogen-bond acceptors (Lipinski definition) is 5. The molecule has 0 radical (unpaired) electrons. The Morgan fingerprint density at radius 1 is 0.805 bits per heavy atom. The van der Waals surface area contributed by atoms with Crippen LogP contribution < -0.4 is 9.47 Å². The molecule has 0 aliphatic carbocycles. The molecule has 0 unspecified atom stereocenters. The zero-order chi connectivity index (χ0) is 28.6. The number of carbonyl (C=O) groups is 1. The number of pyridine rings is 1. The Balaban J connectivity index is 1.09. The maximum atomic E-state index is 12.8. The van der Waals surface area contributed by atoms with Crippen LogP contribution >= 0.6 is 0 Å². The normalized spacial score (nSPS) is 13.9. The largest absolute Gasteiger partial charge is 0.487 e. The molecule has 2 heterocycles. The highest BCUT2D eigenvalue weighted by Gasteiger charge is 2.19. The number of nitrogens with zero attached hydrogens (tertiary/aromatic N) is 3. The Bertz CT molecular complexity index is 1470. The molecule has 1 aromatic heterocycles. The average molecular weight is 548 g/mol. The maximum Gasteiger partial charge on any atom is 0.246 e. The summed E-state index contributed by atoms with van der Waals surface area (Å²) in [5.74, 6) is 1.92. The molecule has 0 N–H and O–H groups in total. The van der Waals surface area contributed by atoms with Crippen LogP contribution in [0, 0.1) is 20.8 Å². The smallest absolute Gasteiger partial charge is 0.246 e. The Labute approximate surface area is 242 Å². The highest BCUT2D eigenvalue weighted by molar-refractivity contribution is 5.92. The molecule has 6 heteroatoms. The number of ether oxygens (including phenoxy) is 2. The van der Waals surface area contributed by atoms with E-state index in [4.69, 9.17) is 9.47 Å². The predicted octanol–water partition coefficient (Wildman–Crippen LogP) is 6.74. The van der Waals surface area contributed by atoms with E-state index in [1.807, 2.05) is 42.2 Å². The van der Waals surface area contributed by atoms with Gasteiger partial charge in [0.15, 0.2) is 0 Å². The van der Waals surface area contributed by atoms with Gasteiger partial charge in [0.25, 0.3) is 0 Å². The molecule has 5 rings (SSSR count). The van der Waals surface area contributed by atoms with Crippen molar-refractivity contribution in [2.24, 2.45) is 0 Å². The molecule has 1 aliphatic rings. The van der Waals surface area contributed by atoms with Gasteiger partial charge in [0.1, 0.15) is 18.1 Å². The molecule has 4 aromatic rings. The van der Waals surface area contributed by atoms with Gasteiger partial charge in [0.2, 0.25) is 11.8 Å². The zero-order valence-electron chi connectivity index (χ0n) is 24.0. The topological polar surface area (TPSA) is 54.9 Å². The van der Waals surface area contributed by atoms with Crippen molar-refractivity contribution in [1.29, 1.82) is 0 Å². The van der Waals surface area contributed by atoms with Crippen LogP contribution in [0.15, 0.2) is 91.1 Å². The van der Waals surface area contributed by atoms with E-state index < -0.39 is 0 Å². The first-order chi connectivity index (χ1) is 19.9. The first kappa shape index (κ1) is 28.1. The maximum absolute atomic E-state index is 12.8. The van der Waals surface area contributed by atoms with Crippen molar-refractivity contribution >= 4 is 12.0 Å². The van der Waals surface area contributed by atoms with Crippen LogP contribution in [0.2, 0.25) is 0 Å². The van der Waals surface area contributed by atoms with E-state index in [0.29, 0.717) is 24.0 Å². The fraction of sp³-hybridized carbons (Fsp3) is 0.257. The SMILES string of the molecule is Cc1ccc(COc2ccc(Oc3ccc(C=CC(=O)N4CCN(Cc5ccc(C)cc5)CC4)c(C)c3)nc2)cc1. The van der Waals surface area contributed by atoms with Crippen LogP contribution in [0.25, 0.3) is 6.08 Å². The van der Waals surface area contributed by atoms with Gasteiger partial charge in [-0.3, -0.25) is 9.69 Å². The third-order valence-corrected chi connectivity index (χ3v) is 7.32. The lowest BCUT2D eigenvalue weighted by molar-refractivity contribution is -0.127. The van der Waals surface area contributed by atoms with Crippen LogP contribution in [0.5, 0.6) is 17.4 Å². The van der Waals surface area contributed by atoms with E-state index in [2.05, 4.69) is 72.3 Å². The van der Waals surface area contributed by atoms with Gasteiger partial charge in [0, 0.05) is 44.9 Å². The second-order valence-corrected chi connectivity index (χ2v) is 10.6. The third kappa shape index (κ3) is 8.05. The van der Waals surface area contributed by atoms with Gasteiger partial charge in [-0.25, -0.2) is 4.98 Å². The Hall–Kier alpha value is -4.42. The van der Waals surface area contributed by atoms with Crippen molar-refractivity contribution in [3.05, 3.63) is 125 Å². The van der Waals surface area contributed by atoms with Crippen molar-refractivity contribution in [2.45, 2.75) is 33.9 Å². The Morgan fingerprint density at radius 2 is 1.46 bits per heavy atom. The van der Waals surface area contributed by atoms with E-state index in [0.717, 1.165) is 49.4 Å². The molecular formula is C35H37N3O3. The van der Waals surface area contributed by atoms with E-state index in [1.165, 1.54) is 16.7 Å². The summed E-state index contributed by atoms with van der Waals surface area (Å²) in [4.78, 5) is 21.5. The van der Waals surface area contributed by atoms with Crippen LogP contribution in [0.1, 0.15) is 33.4 Å². The molecule has 210 valence electrons. The van der Waals surface area contributed by atoms with Crippen molar-refractivity contribution in [2.75, 3.05) is 26.2 Å². The highest BCUT2D eigenvalue weighted by atomic mass is 16.5. The van der Waals surface area contributed by atoms with Gasteiger partial charge in [0.05, 0.1) is 6.20 Å². The quantitative estimate of drug-likeness (QED) is 0.217. The fourth-order valence-electron chi connectivity index (χ4n) is 4.73. The summed E-state index contributed by atoms with van der Waals surface area (Å²) in [5.41, 5.74) is 6.93. The summed E-state index contributed by atoms with van der Waals surface area (Å²) < 4.78 is 11.8. The predicted molar refractivity (Wildman–Crippen MR) is 163 cm³/mol. The van der Waals surface area contributed by atoms with Gasteiger partial charge in [-0.05, 0) is 67.3 Å². The summed E-state index contributed by atoms with van der Waals surface area (Å²) in [6, 6.07) is 26.4. The molecule has 0 atom stereocenters. The van der Waals surface area contributed by atoms with Crippen LogP contribution in [0.4, 0.5) is 0 Å². The lowest BCUT2D eigenvalue weighted by Crippen LogP contribution is -2.47. The molecule has 1 aliphatic heterocycles. The summed E-state index contributed by atoms with van der Waals surface area (Å²) in [7, 11) is 0. The van der Waals surface area contributed by atoms with E-state index in [1.54, 1.807) is 18.3 Å². The average Bonchev–Trinajstić information content (AvgIpc) is 2.99. The van der Waals surface area contributed by atoms with Crippen molar-refractivity contribution in [1.82, 2.24) is 14.8 Å². The van der Waals surface area contributed by atoms with Gasteiger partial charge >= 0.3 is 0 Å². The lowest BCUT2D eigenvalue weighted by Gasteiger charge is -2.34. The molecule has 41 heavy (non-hydrogen) atoms. The van der Waals surface area contributed by atoms with Crippen molar-refractivity contribution in [3.8, 4) is 17.4 Å². The molecule has 1 amide bonds. The minimum atomic E-state index is 0.0496. The Morgan fingerprint density at radius 3 is 2.10 bits per heavy atom. The second kappa shape index (κ2) is 13.3. The molecule has 0 spiro atoms. The summed E-state index contributed by atoms with van der Waals surface area (Å²) in [6.07, 6.45) is 5.23. The summed E-state index contributed by atoms with van der Waals surface area (Å²) in [6.45, 7) is 10.8. The lowest BCUT2D eigenvalue weighted by atomic mass is 10.1. The number of piperazine rings is 1. The van der Waals surface area contributed by atoms with Gasteiger partial charge in [-0.1, -0.05) is 65.7 Å². The molecule has 3 aromatic carbocycles. The molecule has 0 saturated carbocycles. The fourth-order valence-corrected chi connectivity index (χ4v) is 4.73. The molecule has 1 saturated heterocycles.